The van der Waals surface area contributed by atoms with E-state index in [1.54, 1.807) is 19.2 Å². The van der Waals surface area contributed by atoms with Crippen molar-refractivity contribution in [1.29, 1.82) is 0 Å². The molecule has 18 heavy (non-hydrogen) atoms. The highest BCUT2D eigenvalue weighted by atomic mass is 79.9. The van der Waals surface area contributed by atoms with Gasteiger partial charge in [-0.15, -0.1) is 0 Å². The minimum atomic E-state index is -0.393. The Kier molecular flexibility index (Phi) is 6.07. The molecule has 2 N–H and O–H groups in total. The molecule has 0 aliphatic carbocycles. The van der Waals surface area contributed by atoms with Crippen LogP contribution in [0, 0.1) is 5.82 Å². The lowest BCUT2D eigenvalue weighted by Crippen LogP contribution is -2.39. The first-order valence-corrected chi connectivity index (χ1v) is 6.29. The van der Waals surface area contributed by atoms with Crippen LogP contribution in [0.1, 0.15) is 6.92 Å². The van der Waals surface area contributed by atoms with Crippen LogP contribution < -0.4 is 10.6 Å². The molecule has 100 valence electrons. The molecular formula is C12H16BrFN2O2. The predicted octanol–water partition coefficient (Wildman–Crippen LogP) is 2.15. The number of hydrogen-bond acceptors (Lipinski definition) is 3. The minimum Gasteiger partial charge on any atom is -0.383 e. The Morgan fingerprint density at radius 2 is 2.28 bits per heavy atom. The van der Waals surface area contributed by atoms with Crippen LogP contribution in [0.4, 0.5) is 10.1 Å². The van der Waals surface area contributed by atoms with Gasteiger partial charge in [-0.25, -0.2) is 4.39 Å². The molecule has 1 atom stereocenters. The second-order valence-electron chi connectivity index (χ2n) is 3.90. The van der Waals surface area contributed by atoms with Crippen LogP contribution in [0.15, 0.2) is 22.7 Å². The summed E-state index contributed by atoms with van der Waals surface area (Å²) in [5.41, 5.74) is 0.291. The molecule has 0 saturated carbocycles. The highest BCUT2D eigenvalue weighted by Gasteiger charge is 2.08. The van der Waals surface area contributed by atoms with Crippen LogP contribution in [-0.2, 0) is 9.53 Å². The largest absolute Gasteiger partial charge is 0.383 e. The van der Waals surface area contributed by atoms with Crippen molar-refractivity contribution in [2.45, 2.75) is 13.0 Å². The molecule has 0 bridgehead atoms. The number of carbonyl (C=O) groups excluding carboxylic acids is 1. The van der Waals surface area contributed by atoms with E-state index >= 15 is 0 Å². The van der Waals surface area contributed by atoms with E-state index in [0.717, 1.165) is 4.47 Å². The van der Waals surface area contributed by atoms with E-state index in [2.05, 4.69) is 26.6 Å². The Hall–Kier alpha value is -1.14. The van der Waals surface area contributed by atoms with Crippen molar-refractivity contribution >= 4 is 27.5 Å². The van der Waals surface area contributed by atoms with Crippen LogP contribution in [-0.4, -0.2) is 32.2 Å². The van der Waals surface area contributed by atoms with Gasteiger partial charge < -0.3 is 15.4 Å². The van der Waals surface area contributed by atoms with E-state index < -0.39 is 5.82 Å². The zero-order chi connectivity index (χ0) is 13.5. The average Bonchev–Trinajstić information content (AvgIpc) is 2.30. The third kappa shape index (κ3) is 5.01. The highest BCUT2D eigenvalue weighted by molar-refractivity contribution is 9.10. The number of methoxy groups -OCH3 is 1. The number of halogens is 2. The van der Waals surface area contributed by atoms with E-state index in [0.29, 0.717) is 12.3 Å². The van der Waals surface area contributed by atoms with Gasteiger partial charge in [-0.05, 0) is 25.1 Å². The van der Waals surface area contributed by atoms with Gasteiger partial charge in [0.05, 0.1) is 18.8 Å². The van der Waals surface area contributed by atoms with Crippen molar-refractivity contribution in [1.82, 2.24) is 5.32 Å². The fraction of sp³-hybridized carbons (Fsp3) is 0.417. The van der Waals surface area contributed by atoms with E-state index in [1.807, 2.05) is 6.92 Å². The molecule has 0 aliphatic rings. The van der Waals surface area contributed by atoms with E-state index in [1.165, 1.54) is 6.07 Å². The van der Waals surface area contributed by atoms with Crippen LogP contribution >= 0.6 is 15.9 Å². The number of ether oxygens (including phenoxy) is 1. The Labute approximate surface area is 114 Å². The summed E-state index contributed by atoms with van der Waals surface area (Å²) in [4.78, 5) is 11.5. The number of hydrogen-bond donors (Lipinski definition) is 2. The summed E-state index contributed by atoms with van der Waals surface area (Å²) in [5, 5.41) is 5.47. The Morgan fingerprint density at radius 1 is 1.56 bits per heavy atom. The van der Waals surface area contributed by atoms with Gasteiger partial charge >= 0.3 is 0 Å². The average molecular weight is 319 g/mol. The third-order valence-electron chi connectivity index (χ3n) is 2.19. The van der Waals surface area contributed by atoms with Crippen LogP contribution in [0.25, 0.3) is 0 Å². The number of rotatable bonds is 6. The number of nitrogens with one attached hydrogen (secondary N) is 2. The second kappa shape index (κ2) is 7.33. The third-order valence-corrected chi connectivity index (χ3v) is 2.69. The summed E-state index contributed by atoms with van der Waals surface area (Å²) < 4.78 is 19.0. The maximum Gasteiger partial charge on any atom is 0.239 e. The molecule has 0 aliphatic heterocycles. The first-order chi connectivity index (χ1) is 8.52. The molecule has 0 radical (unpaired) electrons. The quantitative estimate of drug-likeness (QED) is 0.845. The fourth-order valence-electron chi connectivity index (χ4n) is 1.43. The van der Waals surface area contributed by atoms with Gasteiger partial charge in [-0.1, -0.05) is 15.9 Å². The first-order valence-electron chi connectivity index (χ1n) is 5.50. The van der Waals surface area contributed by atoms with Gasteiger partial charge in [0.2, 0.25) is 5.91 Å². The topological polar surface area (TPSA) is 50.4 Å². The van der Waals surface area contributed by atoms with Gasteiger partial charge in [-0.2, -0.15) is 0 Å². The molecule has 1 aromatic carbocycles. The van der Waals surface area contributed by atoms with Crippen LogP contribution in [0.5, 0.6) is 0 Å². The lowest BCUT2D eigenvalue weighted by Gasteiger charge is -2.13. The number of amides is 1. The molecule has 0 aromatic heterocycles. The molecule has 0 fully saturated rings. The molecule has 1 aromatic rings. The molecule has 0 heterocycles. The lowest BCUT2D eigenvalue weighted by molar-refractivity contribution is -0.120. The van der Waals surface area contributed by atoms with Crippen molar-refractivity contribution in [2.75, 3.05) is 25.6 Å². The first kappa shape index (κ1) is 14.9. The van der Waals surface area contributed by atoms with Gasteiger partial charge in [-0.3, -0.25) is 4.79 Å². The van der Waals surface area contributed by atoms with Crippen molar-refractivity contribution in [3.63, 3.8) is 0 Å². The predicted molar refractivity (Wildman–Crippen MR) is 72.1 cm³/mol. The molecule has 1 amide bonds. The molecule has 0 spiro atoms. The second-order valence-corrected chi connectivity index (χ2v) is 4.82. The van der Waals surface area contributed by atoms with Crippen molar-refractivity contribution < 1.29 is 13.9 Å². The van der Waals surface area contributed by atoms with Crippen LogP contribution in [0.3, 0.4) is 0 Å². The van der Waals surface area contributed by atoms with Crippen molar-refractivity contribution in [3.8, 4) is 0 Å². The molecule has 1 rings (SSSR count). The SMILES string of the molecule is COCC(C)NC(=O)CNc1cc(Br)ccc1F. The molecule has 1 unspecified atom stereocenters. The van der Waals surface area contributed by atoms with Gasteiger partial charge in [0.1, 0.15) is 5.82 Å². The maximum absolute atomic E-state index is 13.4. The molecule has 4 nitrogen and oxygen atoms in total. The zero-order valence-corrected chi connectivity index (χ0v) is 11.9. The van der Waals surface area contributed by atoms with E-state index in [-0.39, 0.29) is 18.5 Å². The van der Waals surface area contributed by atoms with E-state index in [4.69, 9.17) is 4.74 Å². The highest BCUT2D eigenvalue weighted by Crippen LogP contribution is 2.19. The van der Waals surface area contributed by atoms with E-state index in [9.17, 15) is 9.18 Å². The van der Waals surface area contributed by atoms with Gasteiger partial charge in [0.25, 0.3) is 0 Å². The smallest absolute Gasteiger partial charge is 0.239 e. The Morgan fingerprint density at radius 3 is 2.94 bits per heavy atom. The van der Waals surface area contributed by atoms with Gasteiger partial charge in [0, 0.05) is 17.6 Å². The number of benzene rings is 1. The standard InChI is InChI=1S/C12H16BrFN2O2/c1-8(7-18-2)16-12(17)6-15-11-5-9(13)3-4-10(11)14/h3-5,8,15H,6-7H2,1-2H3,(H,16,17). The number of anilines is 1. The maximum atomic E-state index is 13.4. The summed E-state index contributed by atoms with van der Waals surface area (Å²) in [6.45, 7) is 2.29. The van der Waals surface area contributed by atoms with Crippen LogP contribution in [0.2, 0.25) is 0 Å². The summed E-state index contributed by atoms with van der Waals surface area (Å²) >= 11 is 3.24. The molecule has 0 saturated heterocycles. The molecule has 6 heteroatoms. The summed E-state index contributed by atoms with van der Waals surface area (Å²) in [5.74, 6) is -0.602. The van der Waals surface area contributed by atoms with Crippen molar-refractivity contribution in [2.24, 2.45) is 0 Å². The lowest BCUT2D eigenvalue weighted by atomic mass is 10.3. The number of carbonyl (C=O) groups is 1. The summed E-state index contributed by atoms with van der Waals surface area (Å²) in [6, 6.07) is 4.44. The molecular weight excluding hydrogens is 303 g/mol. The fourth-order valence-corrected chi connectivity index (χ4v) is 1.79. The monoisotopic (exact) mass is 318 g/mol. The van der Waals surface area contributed by atoms with Crippen molar-refractivity contribution in [3.05, 3.63) is 28.5 Å². The minimum absolute atomic E-state index is 0.0153. The zero-order valence-electron chi connectivity index (χ0n) is 10.3. The summed E-state index contributed by atoms with van der Waals surface area (Å²) in [6.07, 6.45) is 0. The summed E-state index contributed by atoms with van der Waals surface area (Å²) in [7, 11) is 1.57. The Balaban J connectivity index is 2.45. The normalized spacial score (nSPS) is 12.0. The van der Waals surface area contributed by atoms with Gasteiger partial charge in [0.15, 0.2) is 0 Å². The Bertz CT molecular complexity index is 415.